The van der Waals surface area contributed by atoms with Crippen LogP contribution in [0.2, 0.25) is 0 Å². The van der Waals surface area contributed by atoms with Gasteiger partial charge in [-0.2, -0.15) is 15.0 Å². The van der Waals surface area contributed by atoms with Crippen LogP contribution in [0, 0.1) is 0 Å². The number of aromatic nitrogens is 3. The lowest BCUT2D eigenvalue weighted by Gasteiger charge is -2.41. The molecule has 1 aromatic heterocycles. The third-order valence-corrected chi connectivity index (χ3v) is 3.77. The molecule has 1 saturated heterocycles. The third kappa shape index (κ3) is 2.84. The molecule has 0 aliphatic carbocycles. The Labute approximate surface area is 124 Å². The highest BCUT2D eigenvalue weighted by atomic mass is 16.2. The largest absolute Gasteiger partial charge is 0.368 e. The second-order valence-electron chi connectivity index (χ2n) is 5.43. The number of hydrogen-bond donors (Lipinski definition) is 2. The van der Waals surface area contributed by atoms with Gasteiger partial charge < -0.3 is 20.9 Å². The van der Waals surface area contributed by atoms with E-state index >= 15 is 0 Å². The number of rotatable bonds is 4. The molecule has 3 N–H and O–H groups in total. The van der Waals surface area contributed by atoms with E-state index in [1.807, 2.05) is 37.5 Å². The van der Waals surface area contributed by atoms with E-state index in [-0.39, 0.29) is 11.9 Å². The first-order chi connectivity index (χ1) is 9.90. The van der Waals surface area contributed by atoms with E-state index in [9.17, 15) is 4.79 Å². The predicted octanol–water partition coefficient (Wildman–Crippen LogP) is 0.0148. The fourth-order valence-electron chi connectivity index (χ4n) is 2.39. The average molecular weight is 293 g/mol. The summed E-state index contributed by atoms with van der Waals surface area (Å²) < 4.78 is 0. The monoisotopic (exact) mass is 293 g/mol. The van der Waals surface area contributed by atoms with Crippen LogP contribution in [-0.2, 0) is 4.79 Å². The van der Waals surface area contributed by atoms with Crippen LogP contribution in [0.5, 0.6) is 0 Å². The van der Waals surface area contributed by atoms with Crippen molar-refractivity contribution >= 4 is 23.8 Å². The van der Waals surface area contributed by atoms with Gasteiger partial charge in [0.2, 0.25) is 23.8 Å². The van der Waals surface area contributed by atoms with Gasteiger partial charge in [0.15, 0.2) is 0 Å². The number of hydrogen-bond acceptors (Lipinski definition) is 7. The van der Waals surface area contributed by atoms with Crippen molar-refractivity contribution in [3.8, 4) is 0 Å². The first kappa shape index (κ1) is 15.3. The van der Waals surface area contributed by atoms with Crippen molar-refractivity contribution in [2.75, 3.05) is 41.7 Å². The van der Waals surface area contributed by atoms with Crippen molar-refractivity contribution in [1.29, 1.82) is 0 Å². The standard InChI is InChI=1S/C13H23N7O/c1-5-19(6-2)11-16-10(14)17-12(18-11)20-8-7-15-9(21)13(20,3)4/h5-8H2,1-4H3,(H,15,21)(H2,14,16,17,18). The van der Waals surface area contributed by atoms with Gasteiger partial charge in [0, 0.05) is 26.2 Å². The summed E-state index contributed by atoms with van der Waals surface area (Å²) >= 11 is 0. The lowest BCUT2D eigenvalue weighted by atomic mass is 10.00. The molecule has 1 fully saturated rings. The summed E-state index contributed by atoms with van der Waals surface area (Å²) in [4.78, 5) is 28.8. The van der Waals surface area contributed by atoms with Gasteiger partial charge in [0.05, 0.1) is 0 Å². The summed E-state index contributed by atoms with van der Waals surface area (Å²) in [7, 11) is 0. The molecule has 1 aromatic rings. The number of nitrogen functional groups attached to an aromatic ring is 1. The number of nitrogens with one attached hydrogen (secondary N) is 1. The first-order valence-corrected chi connectivity index (χ1v) is 7.22. The van der Waals surface area contributed by atoms with Gasteiger partial charge in [-0.15, -0.1) is 0 Å². The fraction of sp³-hybridized carbons (Fsp3) is 0.692. The van der Waals surface area contributed by atoms with Crippen LogP contribution in [-0.4, -0.2) is 52.6 Å². The van der Waals surface area contributed by atoms with Crippen molar-refractivity contribution in [1.82, 2.24) is 20.3 Å². The van der Waals surface area contributed by atoms with Crippen LogP contribution in [0.25, 0.3) is 0 Å². The molecule has 0 bridgehead atoms. The smallest absolute Gasteiger partial charge is 0.245 e. The zero-order valence-electron chi connectivity index (χ0n) is 13.1. The molecule has 0 radical (unpaired) electrons. The summed E-state index contributed by atoms with van der Waals surface area (Å²) in [5.74, 6) is 1.12. The van der Waals surface area contributed by atoms with Crippen LogP contribution in [0.4, 0.5) is 17.8 Å². The number of piperazine rings is 1. The molecule has 21 heavy (non-hydrogen) atoms. The summed E-state index contributed by atoms with van der Waals surface area (Å²) in [5.41, 5.74) is 5.10. The third-order valence-electron chi connectivity index (χ3n) is 3.77. The molecule has 0 unspecified atom stereocenters. The molecule has 0 saturated carbocycles. The number of amides is 1. The molecular weight excluding hydrogens is 270 g/mol. The van der Waals surface area contributed by atoms with E-state index in [1.165, 1.54) is 0 Å². The quantitative estimate of drug-likeness (QED) is 0.806. The minimum absolute atomic E-state index is 0.0443. The molecule has 1 amide bonds. The minimum atomic E-state index is -0.716. The Morgan fingerprint density at radius 1 is 1.29 bits per heavy atom. The van der Waals surface area contributed by atoms with E-state index in [1.54, 1.807) is 0 Å². The second kappa shape index (κ2) is 5.71. The summed E-state index contributed by atoms with van der Waals surface area (Å²) in [6, 6.07) is 0. The normalized spacial score (nSPS) is 17.5. The molecule has 116 valence electrons. The Balaban J connectivity index is 2.41. The van der Waals surface area contributed by atoms with Gasteiger partial charge in [-0.05, 0) is 27.7 Å². The van der Waals surface area contributed by atoms with Crippen molar-refractivity contribution < 1.29 is 4.79 Å². The Morgan fingerprint density at radius 2 is 1.95 bits per heavy atom. The molecule has 1 aliphatic rings. The van der Waals surface area contributed by atoms with Gasteiger partial charge >= 0.3 is 0 Å². The van der Waals surface area contributed by atoms with Gasteiger partial charge in [-0.3, -0.25) is 4.79 Å². The Kier molecular flexibility index (Phi) is 4.15. The highest BCUT2D eigenvalue weighted by Crippen LogP contribution is 2.24. The van der Waals surface area contributed by atoms with E-state index in [4.69, 9.17) is 5.73 Å². The minimum Gasteiger partial charge on any atom is -0.368 e. The lowest BCUT2D eigenvalue weighted by molar-refractivity contribution is -0.126. The number of carbonyl (C=O) groups excluding carboxylic acids is 1. The van der Waals surface area contributed by atoms with Crippen molar-refractivity contribution in [3.63, 3.8) is 0 Å². The molecule has 1 aliphatic heterocycles. The van der Waals surface area contributed by atoms with E-state index in [2.05, 4.69) is 20.3 Å². The molecule has 8 nitrogen and oxygen atoms in total. The van der Waals surface area contributed by atoms with Crippen LogP contribution < -0.4 is 20.9 Å². The van der Waals surface area contributed by atoms with Gasteiger partial charge in [0.1, 0.15) is 5.54 Å². The number of nitrogens with two attached hydrogens (primary N) is 1. The van der Waals surface area contributed by atoms with Crippen LogP contribution in [0.15, 0.2) is 0 Å². The molecular formula is C13H23N7O. The van der Waals surface area contributed by atoms with E-state index in [0.717, 1.165) is 13.1 Å². The van der Waals surface area contributed by atoms with Crippen molar-refractivity contribution in [2.24, 2.45) is 0 Å². The van der Waals surface area contributed by atoms with Gasteiger partial charge in [0.25, 0.3) is 0 Å². The van der Waals surface area contributed by atoms with Crippen molar-refractivity contribution in [3.05, 3.63) is 0 Å². The Morgan fingerprint density at radius 3 is 2.57 bits per heavy atom. The van der Waals surface area contributed by atoms with Gasteiger partial charge in [-0.25, -0.2) is 0 Å². The SMILES string of the molecule is CCN(CC)c1nc(N)nc(N2CCNC(=O)C2(C)C)n1. The summed E-state index contributed by atoms with van der Waals surface area (Å²) in [5, 5.41) is 2.85. The zero-order valence-corrected chi connectivity index (χ0v) is 13.1. The fourth-order valence-corrected chi connectivity index (χ4v) is 2.39. The molecule has 2 heterocycles. The number of carbonyl (C=O) groups is 1. The summed E-state index contributed by atoms with van der Waals surface area (Å²) in [6.07, 6.45) is 0. The highest BCUT2D eigenvalue weighted by molar-refractivity contribution is 5.89. The lowest BCUT2D eigenvalue weighted by Crippen LogP contribution is -2.62. The van der Waals surface area contributed by atoms with Crippen LogP contribution in [0.1, 0.15) is 27.7 Å². The molecule has 0 aromatic carbocycles. The zero-order chi connectivity index (χ0) is 15.6. The molecule has 2 rings (SSSR count). The second-order valence-corrected chi connectivity index (χ2v) is 5.43. The number of anilines is 3. The van der Waals surface area contributed by atoms with Gasteiger partial charge in [-0.1, -0.05) is 0 Å². The maximum atomic E-state index is 12.1. The maximum absolute atomic E-state index is 12.1. The molecule has 8 heteroatoms. The Bertz CT molecular complexity index is 527. The molecule has 0 atom stereocenters. The Hall–Kier alpha value is -2.12. The molecule has 0 spiro atoms. The van der Waals surface area contributed by atoms with Crippen molar-refractivity contribution in [2.45, 2.75) is 33.2 Å². The van der Waals surface area contributed by atoms with Crippen LogP contribution in [0.3, 0.4) is 0 Å². The number of nitrogens with zero attached hydrogens (tertiary/aromatic N) is 5. The first-order valence-electron chi connectivity index (χ1n) is 7.22. The highest BCUT2D eigenvalue weighted by Gasteiger charge is 2.39. The predicted molar refractivity (Wildman–Crippen MR) is 82.2 cm³/mol. The summed E-state index contributed by atoms with van der Waals surface area (Å²) in [6.45, 7) is 10.5. The van der Waals surface area contributed by atoms with E-state index in [0.29, 0.717) is 25.0 Å². The van der Waals surface area contributed by atoms with E-state index < -0.39 is 5.54 Å². The average Bonchev–Trinajstić information content (AvgIpc) is 2.42. The maximum Gasteiger partial charge on any atom is 0.245 e. The topological polar surface area (TPSA) is 100 Å². The van der Waals surface area contributed by atoms with Crippen LogP contribution >= 0.6 is 0 Å².